The van der Waals surface area contributed by atoms with Crippen LogP contribution in [0.2, 0.25) is 5.02 Å². The van der Waals surface area contributed by atoms with Gasteiger partial charge in [-0.3, -0.25) is 9.59 Å². The average molecular weight is 495 g/mol. The minimum atomic E-state index is -4.71. The third-order valence-electron chi connectivity index (χ3n) is 5.45. The van der Waals surface area contributed by atoms with Crippen LogP contribution in [0.15, 0.2) is 42.5 Å². The molecule has 11 heteroatoms. The van der Waals surface area contributed by atoms with Gasteiger partial charge in [-0.15, -0.1) is 0 Å². The fraction of sp³-hybridized carbons (Fsp3) is 0.348. The first-order valence-electron chi connectivity index (χ1n) is 10.4. The number of benzene rings is 2. The van der Waals surface area contributed by atoms with Crippen molar-refractivity contribution in [2.75, 3.05) is 44.8 Å². The Labute approximate surface area is 199 Å². The summed E-state index contributed by atoms with van der Waals surface area (Å²) < 4.78 is 45.3. The van der Waals surface area contributed by atoms with Crippen LogP contribution < -0.4 is 10.2 Å². The minimum absolute atomic E-state index is 0.0434. The smallest absolute Gasteiger partial charge is 0.383 e. The SMILES string of the molecule is COCCNC(=O)C1CN(c2ccc(C#N)c(C(F)(F)F)c2)CCN1C(=O)c1ccccc1Cl. The van der Waals surface area contributed by atoms with E-state index in [1.165, 1.54) is 18.1 Å². The Morgan fingerprint density at radius 1 is 1.24 bits per heavy atom. The first-order valence-corrected chi connectivity index (χ1v) is 10.7. The van der Waals surface area contributed by atoms with Gasteiger partial charge in [0.2, 0.25) is 5.91 Å². The predicted octanol–water partition coefficient (Wildman–Crippen LogP) is 3.32. The molecule has 1 heterocycles. The van der Waals surface area contributed by atoms with Crippen LogP contribution in [0.25, 0.3) is 0 Å². The van der Waals surface area contributed by atoms with Gasteiger partial charge in [0.05, 0.1) is 34.4 Å². The molecule has 0 aliphatic carbocycles. The lowest BCUT2D eigenvalue weighted by molar-refractivity contribution is -0.137. The summed E-state index contributed by atoms with van der Waals surface area (Å²) in [5, 5.41) is 12.0. The van der Waals surface area contributed by atoms with Crippen molar-refractivity contribution < 1.29 is 27.5 Å². The molecule has 2 aromatic rings. The number of rotatable bonds is 6. The monoisotopic (exact) mass is 494 g/mol. The number of hydrogen-bond acceptors (Lipinski definition) is 5. The molecule has 180 valence electrons. The summed E-state index contributed by atoms with van der Waals surface area (Å²) in [7, 11) is 1.48. The van der Waals surface area contributed by atoms with Crippen molar-refractivity contribution in [2.24, 2.45) is 0 Å². The molecule has 7 nitrogen and oxygen atoms in total. The summed E-state index contributed by atoms with van der Waals surface area (Å²) in [6, 6.07) is 10.4. The Bertz CT molecular complexity index is 1100. The normalized spacial score (nSPS) is 16.2. The molecule has 1 N–H and O–H groups in total. The first-order chi connectivity index (χ1) is 16.2. The molecule has 0 spiro atoms. The number of anilines is 1. The highest BCUT2D eigenvalue weighted by molar-refractivity contribution is 6.33. The number of hydrogen-bond donors (Lipinski definition) is 1. The minimum Gasteiger partial charge on any atom is -0.383 e. The van der Waals surface area contributed by atoms with Gasteiger partial charge in [0.1, 0.15) is 6.04 Å². The Kier molecular flexibility index (Phi) is 8.02. The van der Waals surface area contributed by atoms with Crippen molar-refractivity contribution >= 4 is 29.1 Å². The van der Waals surface area contributed by atoms with E-state index in [0.717, 1.165) is 12.1 Å². The molecular weight excluding hydrogens is 473 g/mol. The van der Waals surface area contributed by atoms with Crippen LogP contribution in [0.5, 0.6) is 0 Å². The van der Waals surface area contributed by atoms with Crippen molar-refractivity contribution in [1.29, 1.82) is 5.26 Å². The summed E-state index contributed by atoms with van der Waals surface area (Å²) in [5.41, 5.74) is -1.11. The second kappa shape index (κ2) is 10.8. The van der Waals surface area contributed by atoms with E-state index in [1.807, 2.05) is 0 Å². The Balaban J connectivity index is 1.91. The number of nitrogens with one attached hydrogen (secondary N) is 1. The van der Waals surface area contributed by atoms with Crippen LogP contribution in [-0.4, -0.2) is 62.7 Å². The average Bonchev–Trinajstić information content (AvgIpc) is 2.82. The number of carbonyl (C=O) groups is 2. The van der Waals surface area contributed by atoms with Gasteiger partial charge in [-0.2, -0.15) is 18.4 Å². The lowest BCUT2D eigenvalue weighted by atomic mass is 10.0. The van der Waals surface area contributed by atoms with E-state index in [4.69, 9.17) is 21.6 Å². The van der Waals surface area contributed by atoms with E-state index in [0.29, 0.717) is 0 Å². The molecule has 1 saturated heterocycles. The molecule has 2 aromatic carbocycles. The third-order valence-corrected chi connectivity index (χ3v) is 5.78. The molecule has 1 fully saturated rings. The molecule has 0 bridgehead atoms. The van der Waals surface area contributed by atoms with Gasteiger partial charge in [0.25, 0.3) is 5.91 Å². The van der Waals surface area contributed by atoms with Crippen LogP contribution in [0, 0.1) is 11.3 Å². The van der Waals surface area contributed by atoms with E-state index in [-0.39, 0.29) is 49.1 Å². The topological polar surface area (TPSA) is 85.7 Å². The number of nitrogens with zero attached hydrogens (tertiary/aromatic N) is 3. The number of carbonyl (C=O) groups excluding carboxylic acids is 2. The van der Waals surface area contributed by atoms with Gasteiger partial charge >= 0.3 is 6.18 Å². The molecule has 1 aliphatic heterocycles. The zero-order chi connectivity index (χ0) is 24.9. The molecule has 1 atom stereocenters. The van der Waals surface area contributed by atoms with Crippen molar-refractivity contribution in [3.8, 4) is 6.07 Å². The highest BCUT2D eigenvalue weighted by Gasteiger charge is 2.38. The molecule has 34 heavy (non-hydrogen) atoms. The highest BCUT2D eigenvalue weighted by Crippen LogP contribution is 2.35. The zero-order valence-corrected chi connectivity index (χ0v) is 19.0. The van der Waals surface area contributed by atoms with Gasteiger partial charge < -0.3 is 19.9 Å². The number of alkyl halides is 3. The number of amides is 2. The number of ether oxygens (including phenoxy) is 1. The van der Waals surface area contributed by atoms with Crippen molar-refractivity contribution in [3.05, 3.63) is 64.2 Å². The molecule has 0 radical (unpaired) electrons. The lowest BCUT2D eigenvalue weighted by Crippen LogP contribution is -2.61. The number of nitriles is 1. The van der Waals surface area contributed by atoms with Crippen LogP contribution in [0.3, 0.4) is 0 Å². The number of methoxy groups -OCH3 is 1. The molecule has 3 rings (SSSR count). The van der Waals surface area contributed by atoms with Crippen LogP contribution in [0.4, 0.5) is 18.9 Å². The maximum absolute atomic E-state index is 13.4. The summed E-state index contributed by atoms with van der Waals surface area (Å²) in [6.45, 7) is 0.674. The van der Waals surface area contributed by atoms with Crippen molar-refractivity contribution in [1.82, 2.24) is 10.2 Å². The first kappa shape index (κ1) is 25.3. The standard InChI is InChI=1S/C23H22ClF3N4O3/c1-34-11-8-29-21(32)20-14-30(16-7-6-15(13-28)18(12-16)23(25,26)27)9-10-31(20)22(33)17-4-2-3-5-19(17)24/h2-7,12,20H,8-11,14H2,1H3,(H,29,32). The van der Waals surface area contributed by atoms with Gasteiger partial charge in [0, 0.05) is 39.0 Å². The zero-order valence-electron chi connectivity index (χ0n) is 18.2. The second-order valence-electron chi connectivity index (χ2n) is 7.56. The molecular formula is C23H22ClF3N4O3. The molecule has 2 amide bonds. The van der Waals surface area contributed by atoms with Crippen LogP contribution in [0.1, 0.15) is 21.5 Å². The maximum atomic E-state index is 13.4. The van der Waals surface area contributed by atoms with E-state index < -0.39 is 35.2 Å². The number of piperazine rings is 1. The summed E-state index contributed by atoms with van der Waals surface area (Å²) in [5.74, 6) is -0.917. The Morgan fingerprint density at radius 2 is 1.97 bits per heavy atom. The van der Waals surface area contributed by atoms with E-state index >= 15 is 0 Å². The van der Waals surface area contributed by atoms with Gasteiger partial charge in [-0.05, 0) is 30.3 Å². The quantitative estimate of drug-likeness (QED) is 0.623. The molecule has 0 saturated carbocycles. The van der Waals surface area contributed by atoms with E-state index in [9.17, 15) is 22.8 Å². The highest BCUT2D eigenvalue weighted by atomic mass is 35.5. The van der Waals surface area contributed by atoms with Crippen LogP contribution >= 0.6 is 11.6 Å². The fourth-order valence-electron chi connectivity index (χ4n) is 3.73. The van der Waals surface area contributed by atoms with Crippen molar-refractivity contribution in [2.45, 2.75) is 12.2 Å². The molecule has 1 unspecified atom stereocenters. The molecule has 0 aromatic heterocycles. The third kappa shape index (κ3) is 5.61. The van der Waals surface area contributed by atoms with Gasteiger partial charge in [-0.25, -0.2) is 0 Å². The summed E-state index contributed by atoms with van der Waals surface area (Å²) in [4.78, 5) is 29.1. The Hall–Kier alpha value is -3.29. The second-order valence-corrected chi connectivity index (χ2v) is 7.97. The van der Waals surface area contributed by atoms with Crippen LogP contribution in [-0.2, 0) is 15.7 Å². The maximum Gasteiger partial charge on any atom is 0.417 e. The van der Waals surface area contributed by atoms with Gasteiger partial charge in [0.15, 0.2) is 0 Å². The summed E-state index contributed by atoms with van der Waals surface area (Å²) in [6.07, 6.45) is -4.71. The van der Waals surface area contributed by atoms with Crippen molar-refractivity contribution in [3.63, 3.8) is 0 Å². The van der Waals surface area contributed by atoms with E-state index in [2.05, 4.69) is 5.32 Å². The predicted molar refractivity (Wildman–Crippen MR) is 120 cm³/mol. The number of halogens is 4. The van der Waals surface area contributed by atoms with Gasteiger partial charge in [-0.1, -0.05) is 23.7 Å². The molecule has 1 aliphatic rings. The lowest BCUT2D eigenvalue weighted by Gasteiger charge is -2.41. The van der Waals surface area contributed by atoms with E-state index in [1.54, 1.807) is 35.2 Å². The largest absolute Gasteiger partial charge is 0.417 e. The Morgan fingerprint density at radius 3 is 2.62 bits per heavy atom. The summed E-state index contributed by atoms with van der Waals surface area (Å²) >= 11 is 6.17. The fourth-order valence-corrected chi connectivity index (χ4v) is 3.95.